The largest absolute Gasteiger partial charge is 0.394 e. The zero-order valence-electron chi connectivity index (χ0n) is 40.6. The van der Waals surface area contributed by atoms with Gasteiger partial charge in [-0.2, -0.15) is 0 Å². The van der Waals surface area contributed by atoms with Gasteiger partial charge in [-0.25, -0.2) is 0 Å². The van der Waals surface area contributed by atoms with E-state index < -0.39 is 0 Å². The van der Waals surface area contributed by atoms with Gasteiger partial charge in [0.15, 0.2) is 0 Å². The van der Waals surface area contributed by atoms with E-state index in [9.17, 15) is 5.11 Å². The van der Waals surface area contributed by atoms with Crippen molar-refractivity contribution in [1.82, 2.24) is 0 Å². The van der Waals surface area contributed by atoms with E-state index in [1.165, 1.54) is 295 Å². The molecule has 0 spiro atoms. The van der Waals surface area contributed by atoms with E-state index in [-0.39, 0.29) is 12.7 Å². The van der Waals surface area contributed by atoms with Crippen molar-refractivity contribution in [2.75, 3.05) is 26.4 Å². The van der Waals surface area contributed by atoms with Gasteiger partial charge < -0.3 is 14.6 Å². The highest BCUT2D eigenvalue weighted by atomic mass is 16.5. The monoisotopic (exact) mass is 821 g/mol. The fraction of sp³-hybridized carbons (Fsp3) is 1.00. The summed E-state index contributed by atoms with van der Waals surface area (Å²) in [6.45, 7) is 6.78. The Kier molecular flexibility index (Phi) is 54.8. The van der Waals surface area contributed by atoms with Crippen LogP contribution in [0.25, 0.3) is 0 Å². The van der Waals surface area contributed by atoms with Crippen molar-refractivity contribution in [3.05, 3.63) is 0 Å². The molecule has 1 N–H and O–H groups in total. The molecule has 0 unspecified atom stereocenters. The summed E-state index contributed by atoms with van der Waals surface area (Å²) in [6, 6.07) is 0. The fourth-order valence-corrected chi connectivity index (χ4v) is 8.85. The summed E-state index contributed by atoms with van der Waals surface area (Å²) < 4.78 is 11.8. The molecule has 0 aromatic carbocycles. The lowest BCUT2D eigenvalue weighted by atomic mass is 10.0. The van der Waals surface area contributed by atoms with E-state index in [0.29, 0.717) is 6.61 Å². The minimum atomic E-state index is -0.154. The van der Waals surface area contributed by atoms with Gasteiger partial charge in [0.25, 0.3) is 0 Å². The Morgan fingerprint density at radius 1 is 0.259 bits per heavy atom. The molecule has 0 aromatic rings. The van der Waals surface area contributed by atoms with Crippen LogP contribution in [0.2, 0.25) is 0 Å². The molecule has 3 nitrogen and oxygen atoms in total. The van der Waals surface area contributed by atoms with Crippen LogP contribution < -0.4 is 0 Å². The molecule has 0 aromatic heterocycles. The number of unbranched alkanes of at least 4 members (excludes halogenated alkanes) is 46. The molecule has 3 heteroatoms. The first-order valence-electron chi connectivity index (χ1n) is 27.6. The second-order valence-corrected chi connectivity index (χ2v) is 19.0. The third kappa shape index (κ3) is 52.0. The molecule has 0 bridgehead atoms. The van der Waals surface area contributed by atoms with Crippen molar-refractivity contribution in [3.63, 3.8) is 0 Å². The molecule has 0 heterocycles. The molecule has 350 valence electrons. The van der Waals surface area contributed by atoms with Gasteiger partial charge in [-0.05, 0) is 12.8 Å². The van der Waals surface area contributed by atoms with Crippen molar-refractivity contribution in [1.29, 1.82) is 0 Å². The topological polar surface area (TPSA) is 38.7 Å². The van der Waals surface area contributed by atoms with Crippen LogP contribution in [-0.2, 0) is 9.47 Å². The van der Waals surface area contributed by atoms with Crippen LogP contribution in [0.1, 0.15) is 322 Å². The van der Waals surface area contributed by atoms with Crippen LogP contribution >= 0.6 is 0 Å². The predicted molar refractivity (Wildman–Crippen MR) is 261 cm³/mol. The van der Waals surface area contributed by atoms with Gasteiger partial charge in [-0.1, -0.05) is 309 Å². The molecule has 0 fully saturated rings. The van der Waals surface area contributed by atoms with E-state index in [1.807, 2.05) is 0 Å². The second kappa shape index (κ2) is 54.9. The summed E-state index contributed by atoms with van der Waals surface area (Å²) in [4.78, 5) is 0. The minimum Gasteiger partial charge on any atom is -0.394 e. The highest BCUT2D eigenvalue weighted by Crippen LogP contribution is 2.18. The van der Waals surface area contributed by atoms with Crippen LogP contribution in [0, 0.1) is 0 Å². The average molecular weight is 821 g/mol. The normalized spacial score (nSPS) is 12.3. The van der Waals surface area contributed by atoms with Crippen molar-refractivity contribution in [2.24, 2.45) is 0 Å². The second-order valence-electron chi connectivity index (χ2n) is 19.0. The Hall–Kier alpha value is -0.120. The summed E-state index contributed by atoms with van der Waals surface area (Å²) >= 11 is 0. The highest BCUT2D eigenvalue weighted by Gasteiger charge is 2.08. The van der Waals surface area contributed by atoms with Crippen molar-refractivity contribution in [3.8, 4) is 0 Å². The Morgan fingerprint density at radius 2 is 0.448 bits per heavy atom. The summed E-state index contributed by atoms with van der Waals surface area (Å²) in [7, 11) is 0. The van der Waals surface area contributed by atoms with Gasteiger partial charge in [-0.3, -0.25) is 0 Å². The van der Waals surface area contributed by atoms with Crippen LogP contribution in [0.4, 0.5) is 0 Å². The SMILES string of the molecule is CCCCCCCCCCCCCCCCCCCCCCCCCCOC[C@@H](CO)OCCCCCCCCCCCCCCCCCCCCCCCCCC. The molecule has 0 amide bonds. The standard InChI is InChI=1S/C55H112O3/c1-3-5-7-9-11-13-15-17-19-21-23-25-27-29-31-33-35-37-39-41-43-45-47-49-51-57-54-55(53-56)58-52-50-48-46-44-42-40-38-36-34-32-30-28-26-24-22-20-18-16-14-12-10-8-6-4-2/h55-56H,3-54H2,1-2H3/t55-/m1/s1. The number of aliphatic hydroxyl groups excluding tert-OH is 1. The molecule has 0 aliphatic carbocycles. The number of hydrogen-bond donors (Lipinski definition) is 1. The third-order valence-corrected chi connectivity index (χ3v) is 13.0. The van der Waals surface area contributed by atoms with Crippen molar-refractivity contribution >= 4 is 0 Å². The number of ether oxygens (including phenoxy) is 2. The maximum absolute atomic E-state index is 9.70. The van der Waals surface area contributed by atoms with E-state index in [4.69, 9.17) is 9.47 Å². The number of aliphatic hydroxyl groups is 1. The van der Waals surface area contributed by atoms with Gasteiger partial charge in [0.1, 0.15) is 6.10 Å². The van der Waals surface area contributed by atoms with E-state index in [0.717, 1.165) is 26.1 Å². The van der Waals surface area contributed by atoms with Gasteiger partial charge >= 0.3 is 0 Å². The van der Waals surface area contributed by atoms with Crippen LogP contribution in [0.3, 0.4) is 0 Å². The minimum absolute atomic E-state index is 0.0683. The zero-order chi connectivity index (χ0) is 41.8. The maximum Gasteiger partial charge on any atom is 0.104 e. The number of hydrogen-bond acceptors (Lipinski definition) is 3. The molecule has 0 aliphatic rings. The quantitative estimate of drug-likeness (QED) is 0.0621. The van der Waals surface area contributed by atoms with Gasteiger partial charge in [0, 0.05) is 13.2 Å². The number of rotatable bonds is 54. The van der Waals surface area contributed by atoms with Crippen molar-refractivity contribution in [2.45, 2.75) is 328 Å². The lowest BCUT2D eigenvalue weighted by molar-refractivity contribution is -0.0437. The Morgan fingerprint density at radius 3 is 0.655 bits per heavy atom. The van der Waals surface area contributed by atoms with Crippen LogP contribution in [0.15, 0.2) is 0 Å². The summed E-state index contributed by atoms with van der Waals surface area (Å²) in [6.07, 6.45) is 68.1. The molecule has 1 atom stereocenters. The Labute approximate surface area is 367 Å². The first kappa shape index (κ1) is 57.9. The smallest absolute Gasteiger partial charge is 0.104 e. The average Bonchev–Trinajstić information content (AvgIpc) is 3.24. The molecule has 0 rings (SSSR count). The molecule has 0 saturated heterocycles. The first-order valence-corrected chi connectivity index (χ1v) is 27.6. The van der Waals surface area contributed by atoms with Crippen LogP contribution in [-0.4, -0.2) is 37.6 Å². The summed E-state index contributed by atoms with van der Waals surface area (Å²) in [5.74, 6) is 0. The van der Waals surface area contributed by atoms with Gasteiger partial charge in [0.2, 0.25) is 0 Å². The molecular formula is C55H112O3. The zero-order valence-corrected chi connectivity index (χ0v) is 40.6. The van der Waals surface area contributed by atoms with Crippen molar-refractivity contribution < 1.29 is 14.6 Å². The lowest BCUT2D eigenvalue weighted by Gasteiger charge is -2.15. The van der Waals surface area contributed by atoms with Gasteiger partial charge in [0.05, 0.1) is 13.2 Å². The third-order valence-electron chi connectivity index (χ3n) is 13.0. The van der Waals surface area contributed by atoms with E-state index in [2.05, 4.69) is 13.8 Å². The Balaban J connectivity index is 3.22. The molecule has 0 radical (unpaired) electrons. The summed E-state index contributed by atoms with van der Waals surface area (Å²) in [5.41, 5.74) is 0. The predicted octanol–water partition coefficient (Wildman–Crippen LogP) is 19.1. The Bertz CT molecular complexity index is 682. The molecular weight excluding hydrogens is 709 g/mol. The fourth-order valence-electron chi connectivity index (χ4n) is 8.85. The highest BCUT2D eigenvalue weighted by molar-refractivity contribution is 4.57. The van der Waals surface area contributed by atoms with Crippen LogP contribution in [0.5, 0.6) is 0 Å². The summed E-state index contributed by atoms with van der Waals surface area (Å²) in [5, 5.41) is 9.70. The van der Waals surface area contributed by atoms with E-state index in [1.54, 1.807) is 0 Å². The van der Waals surface area contributed by atoms with E-state index >= 15 is 0 Å². The maximum atomic E-state index is 9.70. The van der Waals surface area contributed by atoms with Gasteiger partial charge in [-0.15, -0.1) is 0 Å². The molecule has 58 heavy (non-hydrogen) atoms. The lowest BCUT2D eigenvalue weighted by Crippen LogP contribution is -2.24. The molecule has 0 aliphatic heterocycles. The molecule has 0 saturated carbocycles. The first-order chi connectivity index (χ1) is 28.8.